The molecule has 0 aliphatic carbocycles. The number of ketones is 1. The molecule has 0 aliphatic heterocycles. The van der Waals surface area contributed by atoms with Crippen LogP contribution in [-0.4, -0.2) is 18.9 Å². The number of methoxy groups -OCH3 is 1. The average molecular weight is 145 g/mol. The van der Waals surface area contributed by atoms with E-state index in [0.29, 0.717) is 6.42 Å². The summed E-state index contributed by atoms with van der Waals surface area (Å²) in [5, 5.41) is 0. The highest BCUT2D eigenvalue weighted by molar-refractivity contribution is 6.34. The maximum absolute atomic E-state index is 10.8. The molecule has 3 nitrogen and oxygen atoms in total. The van der Waals surface area contributed by atoms with E-state index in [1.54, 1.807) is 6.92 Å². The number of hydrogen-bond donors (Lipinski definition) is 0. The second kappa shape index (κ2) is 4.04. The molecule has 0 unspecified atom stereocenters. The van der Waals surface area contributed by atoms with Crippen molar-refractivity contribution in [2.45, 2.75) is 20.3 Å². The van der Waals surface area contributed by atoms with Crippen molar-refractivity contribution in [1.29, 1.82) is 0 Å². The van der Waals surface area contributed by atoms with Crippen molar-refractivity contribution in [3.05, 3.63) is 0 Å². The summed E-state index contributed by atoms with van der Waals surface area (Å²) in [4.78, 5) is 21.4. The Balaban J connectivity index is 3.95. The summed E-state index contributed by atoms with van der Waals surface area (Å²) in [6.07, 6.45) is 0.675. The van der Waals surface area contributed by atoms with Crippen molar-refractivity contribution in [3.8, 4) is 0 Å². The van der Waals surface area contributed by atoms with Crippen LogP contribution in [0.3, 0.4) is 0 Å². The second-order valence-corrected chi connectivity index (χ2v) is 2.17. The third kappa shape index (κ3) is 2.17. The third-order valence-corrected chi connectivity index (χ3v) is 1.45. The van der Waals surface area contributed by atoms with Gasteiger partial charge in [-0.15, -0.1) is 0 Å². The number of esters is 1. The molecule has 1 atom stereocenters. The molecule has 58 valence electrons. The predicted octanol–water partition coefficient (Wildman–Crippen LogP) is 0.775. The van der Waals surface area contributed by atoms with Crippen LogP contribution in [0.15, 0.2) is 0 Å². The Morgan fingerprint density at radius 1 is 1.50 bits per heavy atom. The lowest BCUT2D eigenvalue weighted by Crippen LogP contribution is -2.22. The Morgan fingerprint density at radius 2 is 2.00 bits per heavy atom. The Bertz CT molecular complexity index is 140. The van der Waals surface area contributed by atoms with E-state index in [4.69, 9.17) is 0 Å². The topological polar surface area (TPSA) is 43.4 Å². The SMILES string of the molecule is CC[C@H]([13CH3])C(=O)C(=O)OC. The molecule has 10 heavy (non-hydrogen) atoms. The molecule has 0 rings (SSSR count). The van der Waals surface area contributed by atoms with Gasteiger partial charge < -0.3 is 4.74 Å². The lowest BCUT2D eigenvalue weighted by molar-refractivity contribution is -0.153. The number of Topliss-reactive ketones (excluding diaryl/α,β-unsaturated/α-hetero) is 1. The fraction of sp³-hybridized carbons (Fsp3) is 0.714. The van der Waals surface area contributed by atoms with E-state index >= 15 is 0 Å². The van der Waals surface area contributed by atoms with Crippen LogP contribution in [-0.2, 0) is 14.3 Å². The minimum atomic E-state index is -0.741. The monoisotopic (exact) mass is 145 g/mol. The standard InChI is InChI=1S/C7H12O3/c1-4-5(2)6(8)7(9)10-3/h5H,4H2,1-3H3/t5-/m0/s1/i2+1. The van der Waals surface area contributed by atoms with Crippen LogP contribution in [0.1, 0.15) is 20.3 Å². The highest BCUT2D eigenvalue weighted by atomic mass is 16.5. The molecule has 0 saturated heterocycles. The molecule has 0 fully saturated rings. The first kappa shape index (κ1) is 9.14. The van der Waals surface area contributed by atoms with E-state index in [1.165, 1.54) is 7.11 Å². The Kier molecular flexibility index (Phi) is 3.69. The first-order chi connectivity index (χ1) is 4.63. The van der Waals surface area contributed by atoms with Crippen LogP contribution in [0, 0.1) is 5.92 Å². The quantitative estimate of drug-likeness (QED) is 0.335. The predicted molar refractivity (Wildman–Crippen MR) is 36.5 cm³/mol. The number of hydrogen-bond acceptors (Lipinski definition) is 3. The number of carbonyl (C=O) groups excluding carboxylic acids is 2. The van der Waals surface area contributed by atoms with Gasteiger partial charge in [0.25, 0.3) is 0 Å². The van der Waals surface area contributed by atoms with E-state index in [2.05, 4.69) is 4.74 Å². The maximum Gasteiger partial charge on any atom is 0.374 e. The van der Waals surface area contributed by atoms with Gasteiger partial charge >= 0.3 is 5.97 Å². The number of ether oxygens (including phenoxy) is 1. The lowest BCUT2D eigenvalue weighted by atomic mass is 10.1. The first-order valence-corrected chi connectivity index (χ1v) is 3.25. The molecular weight excluding hydrogens is 133 g/mol. The highest BCUT2D eigenvalue weighted by Crippen LogP contribution is 2.02. The van der Waals surface area contributed by atoms with Crippen molar-refractivity contribution in [2.75, 3.05) is 7.11 Å². The first-order valence-electron chi connectivity index (χ1n) is 3.25. The molecule has 0 bridgehead atoms. The van der Waals surface area contributed by atoms with Gasteiger partial charge in [-0.05, 0) is 6.42 Å². The Hall–Kier alpha value is -0.860. The Morgan fingerprint density at radius 3 is 2.30 bits per heavy atom. The fourth-order valence-corrected chi connectivity index (χ4v) is 0.487. The third-order valence-electron chi connectivity index (χ3n) is 1.45. The van der Waals surface area contributed by atoms with Gasteiger partial charge in [-0.1, -0.05) is 13.8 Å². The van der Waals surface area contributed by atoms with Crippen LogP contribution in [0.25, 0.3) is 0 Å². The molecule has 0 spiro atoms. The zero-order valence-electron chi connectivity index (χ0n) is 6.51. The molecule has 0 aliphatic rings. The minimum Gasteiger partial charge on any atom is -0.463 e. The normalized spacial score (nSPS) is 12.3. The minimum absolute atomic E-state index is 0.215. The van der Waals surface area contributed by atoms with Gasteiger partial charge in [-0.2, -0.15) is 0 Å². The van der Waals surface area contributed by atoms with Crippen molar-refractivity contribution >= 4 is 11.8 Å². The zero-order chi connectivity index (χ0) is 8.15. The number of rotatable bonds is 3. The van der Waals surface area contributed by atoms with Gasteiger partial charge in [-0.3, -0.25) is 4.79 Å². The van der Waals surface area contributed by atoms with Gasteiger partial charge in [0.1, 0.15) is 0 Å². The van der Waals surface area contributed by atoms with Crippen LogP contribution < -0.4 is 0 Å². The molecule has 0 amide bonds. The Labute approximate surface area is 60.4 Å². The van der Waals surface area contributed by atoms with Gasteiger partial charge in [0.2, 0.25) is 5.78 Å². The molecule has 3 heteroatoms. The molecule has 0 aromatic rings. The van der Waals surface area contributed by atoms with E-state index in [1.807, 2.05) is 6.92 Å². The van der Waals surface area contributed by atoms with Crippen molar-refractivity contribution in [1.82, 2.24) is 0 Å². The zero-order valence-corrected chi connectivity index (χ0v) is 6.51. The van der Waals surface area contributed by atoms with Crippen LogP contribution in [0.5, 0.6) is 0 Å². The summed E-state index contributed by atoms with van der Waals surface area (Å²) in [6, 6.07) is 0. The molecule has 0 N–H and O–H groups in total. The van der Waals surface area contributed by atoms with Crippen LogP contribution >= 0.6 is 0 Å². The summed E-state index contributed by atoms with van der Waals surface area (Å²) < 4.78 is 4.25. The van der Waals surface area contributed by atoms with Crippen LogP contribution in [0.2, 0.25) is 0 Å². The van der Waals surface area contributed by atoms with Gasteiger partial charge in [0.05, 0.1) is 7.11 Å². The summed E-state index contributed by atoms with van der Waals surface area (Å²) in [6.45, 7) is 3.56. The summed E-state index contributed by atoms with van der Waals surface area (Å²) in [7, 11) is 1.21. The smallest absolute Gasteiger partial charge is 0.374 e. The highest BCUT2D eigenvalue weighted by Gasteiger charge is 2.19. The van der Waals surface area contributed by atoms with Crippen LogP contribution in [0.4, 0.5) is 0 Å². The molecular formula is C7H12O3. The maximum atomic E-state index is 10.8. The average Bonchev–Trinajstić information content (AvgIpc) is 2.00. The fourth-order valence-electron chi connectivity index (χ4n) is 0.487. The molecule has 0 radical (unpaired) electrons. The number of carbonyl (C=O) groups is 2. The molecule has 0 heterocycles. The van der Waals surface area contributed by atoms with Gasteiger partial charge in [0.15, 0.2) is 0 Å². The van der Waals surface area contributed by atoms with E-state index in [9.17, 15) is 9.59 Å². The molecule has 0 saturated carbocycles. The van der Waals surface area contributed by atoms with Crippen molar-refractivity contribution in [2.24, 2.45) is 5.92 Å². The summed E-state index contributed by atoms with van der Waals surface area (Å²) in [5.41, 5.74) is 0. The van der Waals surface area contributed by atoms with E-state index in [-0.39, 0.29) is 5.92 Å². The van der Waals surface area contributed by atoms with E-state index < -0.39 is 11.8 Å². The van der Waals surface area contributed by atoms with E-state index in [0.717, 1.165) is 0 Å². The summed E-state index contributed by atoms with van der Waals surface area (Å²) in [5.74, 6) is -1.40. The molecule has 0 aromatic heterocycles. The van der Waals surface area contributed by atoms with Gasteiger partial charge in [0, 0.05) is 5.92 Å². The molecule has 0 aromatic carbocycles. The largest absolute Gasteiger partial charge is 0.463 e. The second-order valence-electron chi connectivity index (χ2n) is 2.17. The van der Waals surface area contributed by atoms with Crippen molar-refractivity contribution in [3.63, 3.8) is 0 Å². The van der Waals surface area contributed by atoms with Crippen molar-refractivity contribution < 1.29 is 14.3 Å². The summed E-state index contributed by atoms with van der Waals surface area (Å²) >= 11 is 0. The van der Waals surface area contributed by atoms with Gasteiger partial charge in [-0.25, -0.2) is 4.79 Å². The lowest BCUT2D eigenvalue weighted by Gasteiger charge is -2.03.